The third-order valence-corrected chi connectivity index (χ3v) is 2.38. The second kappa shape index (κ2) is 5.61. The van der Waals surface area contributed by atoms with Crippen LogP contribution in [-0.4, -0.2) is 19.0 Å². The van der Waals surface area contributed by atoms with E-state index in [1.54, 1.807) is 19.2 Å². The number of nitrogens with zero attached hydrogens (tertiary/aromatic N) is 1. The smallest absolute Gasteiger partial charge is 0.226 e. The third kappa shape index (κ3) is 3.62. The molecule has 4 heteroatoms. The Hall–Kier alpha value is -1.42. The molecule has 0 aromatic heterocycles. The molecule has 2 N–H and O–H groups in total. The van der Waals surface area contributed by atoms with Crippen LogP contribution in [0.3, 0.4) is 0 Å². The van der Waals surface area contributed by atoms with Gasteiger partial charge in [0, 0.05) is 25.2 Å². The Bertz CT molecular complexity index is 366. The summed E-state index contributed by atoms with van der Waals surface area (Å²) in [6.07, 6.45) is 1.02. The number of amides is 1. The quantitative estimate of drug-likeness (QED) is 0.849. The van der Waals surface area contributed by atoms with Crippen LogP contribution in [0.4, 0.5) is 10.1 Å². The van der Waals surface area contributed by atoms with Crippen LogP contribution in [0.25, 0.3) is 0 Å². The highest BCUT2D eigenvalue weighted by Gasteiger charge is 2.11. The highest BCUT2D eigenvalue weighted by atomic mass is 19.1. The van der Waals surface area contributed by atoms with E-state index in [0.717, 1.165) is 0 Å². The molecular weight excluding hydrogens is 207 g/mol. The van der Waals surface area contributed by atoms with Gasteiger partial charge in [-0.05, 0) is 31.5 Å². The first kappa shape index (κ1) is 12.6. The summed E-state index contributed by atoms with van der Waals surface area (Å²) in [5, 5.41) is 0. The van der Waals surface area contributed by atoms with E-state index in [0.29, 0.717) is 18.5 Å². The molecule has 16 heavy (non-hydrogen) atoms. The minimum absolute atomic E-state index is 0.00450. The van der Waals surface area contributed by atoms with Gasteiger partial charge >= 0.3 is 0 Å². The minimum atomic E-state index is -0.343. The van der Waals surface area contributed by atoms with Gasteiger partial charge in [0.25, 0.3) is 0 Å². The fourth-order valence-corrected chi connectivity index (χ4v) is 1.35. The lowest BCUT2D eigenvalue weighted by Gasteiger charge is -2.17. The van der Waals surface area contributed by atoms with Crippen molar-refractivity contribution in [2.24, 2.45) is 5.73 Å². The second-order valence-electron chi connectivity index (χ2n) is 3.95. The first-order valence-electron chi connectivity index (χ1n) is 5.28. The van der Waals surface area contributed by atoms with E-state index in [-0.39, 0.29) is 17.8 Å². The summed E-state index contributed by atoms with van der Waals surface area (Å²) in [5.41, 5.74) is 6.14. The van der Waals surface area contributed by atoms with Crippen molar-refractivity contribution in [3.05, 3.63) is 30.1 Å². The molecule has 0 bridgehead atoms. The lowest BCUT2D eigenvalue weighted by Crippen LogP contribution is -2.28. The van der Waals surface area contributed by atoms with Crippen LogP contribution in [0.2, 0.25) is 0 Å². The molecule has 1 unspecified atom stereocenters. The van der Waals surface area contributed by atoms with E-state index in [9.17, 15) is 9.18 Å². The Morgan fingerprint density at radius 3 is 2.81 bits per heavy atom. The van der Waals surface area contributed by atoms with Crippen LogP contribution in [-0.2, 0) is 4.79 Å². The van der Waals surface area contributed by atoms with Crippen molar-refractivity contribution < 1.29 is 9.18 Å². The molecule has 0 spiro atoms. The Kier molecular flexibility index (Phi) is 4.43. The lowest BCUT2D eigenvalue weighted by molar-refractivity contribution is -0.118. The maximum Gasteiger partial charge on any atom is 0.226 e. The SMILES string of the molecule is CC(N)CCC(=O)N(C)c1cccc(F)c1. The fourth-order valence-electron chi connectivity index (χ4n) is 1.35. The minimum Gasteiger partial charge on any atom is -0.328 e. The predicted molar refractivity (Wildman–Crippen MR) is 62.7 cm³/mol. The summed E-state index contributed by atoms with van der Waals surface area (Å²) < 4.78 is 12.9. The maximum absolute atomic E-state index is 12.9. The van der Waals surface area contributed by atoms with Gasteiger partial charge in [-0.2, -0.15) is 0 Å². The van der Waals surface area contributed by atoms with E-state index in [2.05, 4.69) is 0 Å². The van der Waals surface area contributed by atoms with Gasteiger partial charge in [-0.25, -0.2) is 4.39 Å². The molecule has 88 valence electrons. The number of hydrogen-bond acceptors (Lipinski definition) is 2. The Balaban J connectivity index is 2.63. The molecule has 1 rings (SSSR count). The molecule has 0 fully saturated rings. The number of carbonyl (C=O) groups is 1. The molecule has 0 aliphatic carbocycles. The summed E-state index contributed by atoms with van der Waals surface area (Å²) in [7, 11) is 1.64. The zero-order chi connectivity index (χ0) is 12.1. The van der Waals surface area contributed by atoms with Crippen LogP contribution in [0, 0.1) is 5.82 Å². The summed E-state index contributed by atoms with van der Waals surface area (Å²) in [4.78, 5) is 13.2. The summed E-state index contributed by atoms with van der Waals surface area (Å²) in [6.45, 7) is 1.86. The van der Waals surface area contributed by atoms with Gasteiger partial charge in [0.2, 0.25) is 5.91 Å². The van der Waals surface area contributed by atoms with Gasteiger partial charge < -0.3 is 10.6 Å². The fraction of sp³-hybridized carbons (Fsp3) is 0.417. The standard InChI is InChI=1S/C12H17FN2O/c1-9(14)6-7-12(16)15(2)11-5-3-4-10(13)8-11/h3-5,8-9H,6-7,14H2,1-2H3. The van der Waals surface area contributed by atoms with E-state index in [4.69, 9.17) is 5.73 Å². The summed E-state index contributed by atoms with van der Waals surface area (Å²) in [5.74, 6) is -0.396. The van der Waals surface area contributed by atoms with Crippen molar-refractivity contribution in [2.45, 2.75) is 25.8 Å². The largest absolute Gasteiger partial charge is 0.328 e. The van der Waals surface area contributed by atoms with Crippen LogP contribution < -0.4 is 10.6 Å². The van der Waals surface area contributed by atoms with Crippen molar-refractivity contribution in [3.63, 3.8) is 0 Å². The molecular formula is C12H17FN2O. The summed E-state index contributed by atoms with van der Waals surface area (Å²) >= 11 is 0. The van der Waals surface area contributed by atoms with Gasteiger partial charge in [0.1, 0.15) is 5.82 Å². The number of nitrogens with two attached hydrogens (primary N) is 1. The molecule has 0 heterocycles. The molecule has 0 aliphatic heterocycles. The third-order valence-electron chi connectivity index (χ3n) is 2.38. The van der Waals surface area contributed by atoms with Crippen LogP contribution in [0.1, 0.15) is 19.8 Å². The molecule has 1 aromatic rings. The number of anilines is 1. The number of carbonyl (C=O) groups excluding carboxylic acids is 1. The maximum atomic E-state index is 12.9. The first-order chi connectivity index (χ1) is 7.50. The predicted octanol–water partition coefficient (Wildman–Crippen LogP) is 1.92. The van der Waals surface area contributed by atoms with E-state index in [1.165, 1.54) is 17.0 Å². The number of benzene rings is 1. The van der Waals surface area contributed by atoms with Gasteiger partial charge in [-0.15, -0.1) is 0 Å². The zero-order valence-electron chi connectivity index (χ0n) is 9.61. The molecule has 3 nitrogen and oxygen atoms in total. The van der Waals surface area contributed by atoms with Crippen molar-refractivity contribution in [3.8, 4) is 0 Å². The molecule has 0 radical (unpaired) electrons. The highest BCUT2D eigenvalue weighted by Crippen LogP contribution is 2.15. The van der Waals surface area contributed by atoms with E-state index < -0.39 is 0 Å². The average Bonchev–Trinajstić information content (AvgIpc) is 2.24. The van der Waals surface area contributed by atoms with Crippen LogP contribution >= 0.6 is 0 Å². The molecule has 0 aliphatic rings. The monoisotopic (exact) mass is 224 g/mol. The number of hydrogen-bond donors (Lipinski definition) is 1. The van der Waals surface area contributed by atoms with Crippen molar-refractivity contribution >= 4 is 11.6 Å². The Morgan fingerprint density at radius 1 is 1.56 bits per heavy atom. The molecule has 1 aromatic carbocycles. The highest BCUT2D eigenvalue weighted by molar-refractivity contribution is 5.92. The molecule has 0 saturated carbocycles. The van der Waals surface area contributed by atoms with Crippen molar-refractivity contribution in [2.75, 3.05) is 11.9 Å². The second-order valence-corrected chi connectivity index (χ2v) is 3.95. The Labute approximate surface area is 95.0 Å². The van der Waals surface area contributed by atoms with Crippen molar-refractivity contribution in [1.82, 2.24) is 0 Å². The average molecular weight is 224 g/mol. The van der Waals surface area contributed by atoms with Gasteiger partial charge in [-0.3, -0.25) is 4.79 Å². The van der Waals surface area contributed by atoms with E-state index in [1.807, 2.05) is 6.92 Å². The normalized spacial score (nSPS) is 12.2. The number of rotatable bonds is 4. The number of halogens is 1. The van der Waals surface area contributed by atoms with Gasteiger partial charge in [0.15, 0.2) is 0 Å². The van der Waals surface area contributed by atoms with Gasteiger partial charge in [-0.1, -0.05) is 6.07 Å². The van der Waals surface area contributed by atoms with Crippen molar-refractivity contribution in [1.29, 1.82) is 0 Å². The molecule has 1 amide bonds. The molecule has 1 atom stereocenters. The summed E-state index contributed by atoms with van der Waals surface area (Å²) in [6, 6.07) is 5.98. The van der Waals surface area contributed by atoms with E-state index >= 15 is 0 Å². The lowest BCUT2D eigenvalue weighted by atomic mass is 10.2. The van der Waals surface area contributed by atoms with Crippen LogP contribution in [0.5, 0.6) is 0 Å². The Morgan fingerprint density at radius 2 is 2.25 bits per heavy atom. The topological polar surface area (TPSA) is 46.3 Å². The van der Waals surface area contributed by atoms with Gasteiger partial charge in [0.05, 0.1) is 0 Å². The zero-order valence-corrected chi connectivity index (χ0v) is 9.61. The van der Waals surface area contributed by atoms with Crippen LogP contribution in [0.15, 0.2) is 24.3 Å². The first-order valence-corrected chi connectivity index (χ1v) is 5.28. The molecule has 0 saturated heterocycles.